The Morgan fingerprint density at radius 2 is 1.88 bits per heavy atom. The van der Waals surface area contributed by atoms with E-state index in [1.807, 2.05) is 43.3 Å². The quantitative estimate of drug-likeness (QED) is 0.925. The lowest BCUT2D eigenvalue weighted by atomic mass is 9.94. The van der Waals surface area contributed by atoms with Crippen LogP contribution in [0.25, 0.3) is 10.8 Å². The first-order chi connectivity index (χ1) is 12.0. The van der Waals surface area contributed by atoms with Crippen molar-refractivity contribution >= 4 is 22.6 Å². The predicted octanol–water partition coefficient (Wildman–Crippen LogP) is 3.42. The molecule has 1 aliphatic heterocycles. The molecule has 1 fully saturated rings. The van der Waals surface area contributed by atoms with E-state index in [4.69, 9.17) is 4.74 Å². The van der Waals surface area contributed by atoms with Crippen molar-refractivity contribution in [2.24, 2.45) is 0 Å². The third-order valence-electron chi connectivity index (χ3n) is 5.01. The van der Waals surface area contributed by atoms with Crippen LogP contribution in [-0.4, -0.2) is 41.6 Å². The van der Waals surface area contributed by atoms with Crippen molar-refractivity contribution in [2.75, 3.05) is 13.7 Å². The third kappa shape index (κ3) is 3.45. The highest BCUT2D eigenvalue weighted by atomic mass is 16.5. The molecule has 5 nitrogen and oxygen atoms in total. The number of nitrogens with zero attached hydrogens (tertiary/aromatic N) is 1. The molecule has 0 spiro atoms. The normalized spacial score (nSPS) is 18.8. The van der Waals surface area contributed by atoms with Crippen LogP contribution in [0.15, 0.2) is 36.4 Å². The second-order valence-electron chi connectivity index (χ2n) is 6.58. The van der Waals surface area contributed by atoms with Crippen molar-refractivity contribution in [3.63, 3.8) is 0 Å². The van der Waals surface area contributed by atoms with E-state index in [2.05, 4.69) is 0 Å². The number of carboxylic acids is 1. The van der Waals surface area contributed by atoms with Gasteiger partial charge in [0.05, 0.1) is 13.0 Å². The molecule has 2 atom stereocenters. The SMILES string of the molecule is COc1ccc2cc([C@@H](C)C(=O)N3CCCC[C@H]3C(=O)O)ccc2c1. The molecule has 25 heavy (non-hydrogen) atoms. The van der Waals surface area contributed by atoms with E-state index in [-0.39, 0.29) is 11.8 Å². The Balaban J connectivity index is 1.86. The van der Waals surface area contributed by atoms with Gasteiger partial charge in [-0.25, -0.2) is 4.79 Å². The lowest BCUT2D eigenvalue weighted by molar-refractivity contribution is -0.152. The maximum absolute atomic E-state index is 12.9. The zero-order valence-corrected chi connectivity index (χ0v) is 14.6. The monoisotopic (exact) mass is 341 g/mol. The number of carbonyl (C=O) groups is 2. The summed E-state index contributed by atoms with van der Waals surface area (Å²) < 4.78 is 5.24. The molecule has 1 heterocycles. The van der Waals surface area contributed by atoms with Crippen molar-refractivity contribution in [3.05, 3.63) is 42.0 Å². The molecule has 3 rings (SSSR count). The number of aliphatic carboxylic acids is 1. The van der Waals surface area contributed by atoms with Crippen molar-refractivity contribution in [3.8, 4) is 5.75 Å². The van der Waals surface area contributed by atoms with Crippen molar-refractivity contribution in [1.29, 1.82) is 0 Å². The number of methoxy groups -OCH3 is 1. The molecule has 132 valence electrons. The topological polar surface area (TPSA) is 66.8 Å². The highest BCUT2D eigenvalue weighted by Crippen LogP contribution is 2.28. The van der Waals surface area contributed by atoms with E-state index in [0.717, 1.165) is 34.9 Å². The van der Waals surface area contributed by atoms with Crippen LogP contribution in [0.4, 0.5) is 0 Å². The smallest absolute Gasteiger partial charge is 0.326 e. The largest absolute Gasteiger partial charge is 0.497 e. The molecule has 0 bridgehead atoms. The zero-order chi connectivity index (χ0) is 18.0. The number of benzene rings is 2. The van der Waals surface area contributed by atoms with Crippen LogP contribution in [0, 0.1) is 0 Å². The molecular formula is C20H23NO4. The number of amides is 1. The molecule has 5 heteroatoms. The van der Waals surface area contributed by atoms with Gasteiger partial charge >= 0.3 is 5.97 Å². The number of likely N-dealkylation sites (tertiary alicyclic amines) is 1. The average Bonchev–Trinajstić information content (AvgIpc) is 2.65. The Hall–Kier alpha value is -2.56. The van der Waals surface area contributed by atoms with Crippen molar-refractivity contribution < 1.29 is 19.4 Å². The average molecular weight is 341 g/mol. The first kappa shape index (κ1) is 17.3. The number of carbonyl (C=O) groups excluding carboxylic acids is 1. The van der Waals surface area contributed by atoms with Crippen molar-refractivity contribution in [1.82, 2.24) is 4.90 Å². The van der Waals surface area contributed by atoms with E-state index in [1.54, 1.807) is 7.11 Å². The summed E-state index contributed by atoms with van der Waals surface area (Å²) >= 11 is 0. The summed E-state index contributed by atoms with van der Waals surface area (Å²) in [5.74, 6) is -0.598. The molecule has 1 N–H and O–H groups in total. The minimum absolute atomic E-state index is 0.111. The number of hydrogen-bond acceptors (Lipinski definition) is 3. The fraction of sp³-hybridized carbons (Fsp3) is 0.400. The van der Waals surface area contributed by atoms with Gasteiger partial charge in [0.25, 0.3) is 0 Å². The van der Waals surface area contributed by atoms with Gasteiger partial charge in [-0.15, -0.1) is 0 Å². The summed E-state index contributed by atoms with van der Waals surface area (Å²) in [4.78, 5) is 25.9. The van der Waals surface area contributed by atoms with Gasteiger partial charge in [-0.3, -0.25) is 4.79 Å². The van der Waals surface area contributed by atoms with Gasteiger partial charge in [0, 0.05) is 6.54 Å². The van der Waals surface area contributed by atoms with Crippen molar-refractivity contribution in [2.45, 2.75) is 38.1 Å². The molecule has 1 aliphatic rings. The minimum atomic E-state index is -0.911. The molecule has 1 amide bonds. The van der Waals surface area contributed by atoms with E-state index >= 15 is 0 Å². The molecule has 0 aromatic heterocycles. The second kappa shape index (κ2) is 7.13. The third-order valence-corrected chi connectivity index (χ3v) is 5.01. The fourth-order valence-corrected chi connectivity index (χ4v) is 3.48. The first-order valence-electron chi connectivity index (χ1n) is 8.62. The summed E-state index contributed by atoms with van der Waals surface area (Å²) in [5.41, 5.74) is 0.900. The lowest BCUT2D eigenvalue weighted by Gasteiger charge is -2.34. The second-order valence-corrected chi connectivity index (χ2v) is 6.58. The molecule has 1 saturated heterocycles. The van der Waals surface area contributed by atoms with E-state index in [1.165, 1.54) is 4.90 Å². The Bertz CT molecular complexity index is 801. The number of hydrogen-bond donors (Lipinski definition) is 1. The molecule has 2 aromatic carbocycles. The van der Waals surface area contributed by atoms with Crippen LogP contribution in [0.3, 0.4) is 0 Å². The van der Waals surface area contributed by atoms with Crippen LogP contribution in [0.2, 0.25) is 0 Å². The standard InChI is InChI=1S/C20H23NO4/c1-13(19(22)21-10-4-3-5-18(21)20(23)24)14-6-7-16-12-17(25-2)9-8-15(16)11-14/h6-9,11-13,18H,3-5,10H2,1-2H3,(H,23,24)/t13-,18+/m1/s1. The van der Waals surface area contributed by atoms with Gasteiger partial charge in [-0.05, 0) is 54.7 Å². The highest BCUT2D eigenvalue weighted by molar-refractivity contribution is 5.90. The maximum atomic E-state index is 12.9. The van der Waals surface area contributed by atoms with Crippen LogP contribution in [0.1, 0.15) is 37.7 Å². The van der Waals surface area contributed by atoms with Crippen LogP contribution in [-0.2, 0) is 9.59 Å². The lowest BCUT2D eigenvalue weighted by Crippen LogP contribution is -2.49. The summed E-state index contributed by atoms with van der Waals surface area (Å²) in [6, 6.07) is 11.0. The number of piperidine rings is 1. The highest BCUT2D eigenvalue weighted by Gasteiger charge is 2.34. The Morgan fingerprint density at radius 3 is 2.60 bits per heavy atom. The maximum Gasteiger partial charge on any atom is 0.326 e. The Kier molecular flexibility index (Phi) is 4.93. The van der Waals surface area contributed by atoms with Crippen LogP contribution < -0.4 is 4.74 Å². The van der Waals surface area contributed by atoms with E-state index in [9.17, 15) is 14.7 Å². The van der Waals surface area contributed by atoms with Gasteiger partial charge in [0.2, 0.25) is 5.91 Å². The molecule has 0 aliphatic carbocycles. The number of rotatable bonds is 4. The summed E-state index contributed by atoms with van der Waals surface area (Å²) in [7, 11) is 1.63. The predicted molar refractivity (Wildman–Crippen MR) is 95.9 cm³/mol. The summed E-state index contributed by atoms with van der Waals surface area (Å²) in [5, 5.41) is 11.5. The van der Waals surface area contributed by atoms with Gasteiger partial charge in [0.15, 0.2) is 0 Å². The van der Waals surface area contributed by atoms with Gasteiger partial charge in [-0.1, -0.05) is 24.3 Å². The Labute approximate surface area is 147 Å². The molecule has 0 saturated carbocycles. The molecule has 0 radical (unpaired) electrons. The minimum Gasteiger partial charge on any atom is -0.497 e. The van der Waals surface area contributed by atoms with Gasteiger partial charge in [0.1, 0.15) is 11.8 Å². The first-order valence-corrected chi connectivity index (χ1v) is 8.62. The van der Waals surface area contributed by atoms with E-state index < -0.39 is 12.0 Å². The fourth-order valence-electron chi connectivity index (χ4n) is 3.48. The molecule has 0 unspecified atom stereocenters. The zero-order valence-electron chi connectivity index (χ0n) is 14.6. The molecule has 2 aromatic rings. The molecular weight excluding hydrogens is 318 g/mol. The number of fused-ring (bicyclic) bond motifs is 1. The van der Waals surface area contributed by atoms with Crippen LogP contribution >= 0.6 is 0 Å². The summed E-state index contributed by atoms with van der Waals surface area (Å²) in [6.07, 6.45) is 2.25. The van der Waals surface area contributed by atoms with Gasteiger partial charge in [-0.2, -0.15) is 0 Å². The number of carboxylic acid groups (broad SMARTS) is 1. The van der Waals surface area contributed by atoms with E-state index in [0.29, 0.717) is 13.0 Å². The summed E-state index contributed by atoms with van der Waals surface area (Å²) in [6.45, 7) is 2.37. The number of ether oxygens (including phenoxy) is 1. The van der Waals surface area contributed by atoms with Crippen LogP contribution in [0.5, 0.6) is 5.75 Å². The van der Waals surface area contributed by atoms with Gasteiger partial charge < -0.3 is 14.7 Å². The Morgan fingerprint density at radius 1 is 1.16 bits per heavy atom.